The number of hydrogen-bond acceptors (Lipinski definition) is 1. The Bertz CT molecular complexity index is 466. The summed E-state index contributed by atoms with van der Waals surface area (Å²) in [7, 11) is 0. The molecule has 0 aliphatic carbocycles. The van der Waals surface area contributed by atoms with Gasteiger partial charge in [-0.1, -0.05) is 12.1 Å². The summed E-state index contributed by atoms with van der Waals surface area (Å²) in [6.07, 6.45) is -6.91. The Balaban J connectivity index is 3.31. The topological polar surface area (TPSA) is 37.3 Å². The number of carboxylic acid groups (broad SMARTS) is 1. The van der Waals surface area contributed by atoms with Crippen LogP contribution in [0.4, 0.5) is 26.3 Å². The third-order valence-corrected chi connectivity index (χ3v) is 2.07. The van der Waals surface area contributed by atoms with Gasteiger partial charge in [0.05, 0.1) is 11.1 Å². The van der Waals surface area contributed by atoms with Gasteiger partial charge in [-0.25, -0.2) is 13.2 Å². The summed E-state index contributed by atoms with van der Waals surface area (Å²) in [6.45, 7) is 0. The van der Waals surface area contributed by atoms with Gasteiger partial charge in [-0.05, 0) is 6.07 Å². The molecule has 0 radical (unpaired) electrons. The van der Waals surface area contributed by atoms with Gasteiger partial charge in [0, 0.05) is 0 Å². The molecule has 0 unspecified atom stereocenters. The van der Waals surface area contributed by atoms with Crippen molar-refractivity contribution in [2.45, 2.75) is 18.5 Å². The lowest BCUT2D eigenvalue weighted by molar-refractivity contribution is -0.146. The van der Waals surface area contributed by atoms with Crippen LogP contribution in [0.15, 0.2) is 18.2 Å². The maximum Gasteiger partial charge on any atom is 0.419 e. The number of carboxylic acids is 1. The maximum absolute atomic E-state index is 13.3. The Morgan fingerprint density at radius 1 is 1.11 bits per heavy atom. The van der Waals surface area contributed by atoms with Crippen molar-refractivity contribution in [1.29, 1.82) is 0 Å². The maximum atomic E-state index is 13.3. The van der Waals surface area contributed by atoms with Crippen LogP contribution in [0.3, 0.4) is 0 Å². The van der Waals surface area contributed by atoms with E-state index >= 15 is 0 Å². The molecule has 1 rings (SSSR count). The number of rotatable bonds is 3. The number of aliphatic carboxylic acids is 1. The first-order valence-electron chi connectivity index (χ1n) is 4.51. The molecule has 0 saturated carbocycles. The average Bonchev–Trinajstić information content (AvgIpc) is 2.13. The zero-order valence-corrected chi connectivity index (χ0v) is 8.56. The largest absolute Gasteiger partial charge is 0.481 e. The highest BCUT2D eigenvalue weighted by molar-refractivity contribution is 5.68. The molecular formula is C10H6F6O2. The number of hydrogen-bond donors (Lipinski definition) is 1. The Morgan fingerprint density at radius 2 is 1.61 bits per heavy atom. The fraction of sp³-hybridized carbons (Fsp3) is 0.300. The fourth-order valence-electron chi connectivity index (χ4n) is 1.32. The molecule has 0 spiro atoms. The zero-order chi connectivity index (χ0) is 14.1. The monoisotopic (exact) mass is 272 g/mol. The standard InChI is InChI=1S/C10H6F6O2/c11-8-5(9(12,13)4-7(17)18)2-1-3-6(8)10(14,15)16/h1-3H,4H2,(H,17,18). The van der Waals surface area contributed by atoms with Gasteiger partial charge in [-0.15, -0.1) is 0 Å². The molecule has 0 heterocycles. The molecule has 1 aromatic rings. The first kappa shape index (κ1) is 14.3. The van der Waals surface area contributed by atoms with Crippen LogP contribution in [0.2, 0.25) is 0 Å². The molecular weight excluding hydrogens is 266 g/mol. The van der Waals surface area contributed by atoms with E-state index in [9.17, 15) is 31.1 Å². The second kappa shape index (κ2) is 4.51. The minimum absolute atomic E-state index is 0.301. The summed E-state index contributed by atoms with van der Waals surface area (Å²) in [5.41, 5.74) is -3.44. The molecule has 1 aromatic carbocycles. The molecule has 0 amide bonds. The molecule has 0 saturated heterocycles. The number of halogens is 6. The van der Waals surface area contributed by atoms with Crippen LogP contribution >= 0.6 is 0 Å². The van der Waals surface area contributed by atoms with E-state index < -0.39 is 41.4 Å². The summed E-state index contributed by atoms with van der Waals surface area (Å²) in [4.78, 5) is 10.2. The molecule has 8 heteroatoms. The number of carbonyl (C=O) groups is 1. The summed E-state index contributed by atoms with van der Waals surface area (Å²) in [5.74, 6) is -8.31. The zero-order valence-electron chi connectivity index (χ0n) is 8.56. The molecule has 0 fully saturated rings. The van der Waals surface area contributed by atoms with Gasteiger partial charge in [0.1, 0.15) is 12.2 Å². The Kier molecular flexibility index (Phi) is 3.59. The first-order chi connectivity index (χ1) is 8.05. The Labute approximate surface area is 96.8 Å². The van der Waals surface area contributed by atoms with Crippen molar-refractivity contribution in [3.05, 3.63) is 35.1 Å². The Morgan fingerprint density at radius 3 is 2.06 bits per heavy atom. The summed E-state index contributed by atoms with van der Waals surface area (Å²) >= 11 is 0. The lowest BCUT2D eigenvalue weighted by Gasteiger charge is -2.17. The minimum atomic E-state index is -5.13. The summed E-state index contributed by atoms with van der Waals surface area (Å²) in [5, 5.41) is 8.21. The third-order valence-electron chi connectivity index (χ3n) is 2.07. The molecule has 18 heavy (non-hydrogen) atoms. The van der Waals surface area contributed by atoms with Gasteiger partial charge in [-0.2, -0.15) is 13.2 Å². The molecule has 0 atom stereocenters. The molecule has 1 N–H and O–H groups in total. The number of benzene rings is 1. The molecule has 0 aliphatic heterocycles. The second-order valence-corrected chi connectivity index (χ2v) is 3.44. The van der Waals surface area contributed by atoms with Gasteiger partial charge < -0.3 is 5.11 Å². The van der Waals surface area contributed by atoms with Gasteiger partial charge in [-0.3, -0.25) is 4.79 Å². The summed E-state index contributed by atoms with van der Waals surface area (Å²) < 4.78 is 76.7. The molecule has 0 aromatic heterocycles. The highest BCUT2D eigenvalue weighted by Gasteiger charge is 2.42. The lowest BCUT2D eigenvalue weighted by atomic mass is 10.0. The lowest BCUT2D eigenvalue weighted by Crippen LogP contribution is -2.22. The van der Waals surface area contributed by atoms with Crippen LogP contribution in [-0.4, -0.2) is 11.1 Å². The SMILES string of the molecule is O=C(O)CC(F)(F)c1cccc(C(F)(F)F)c1F. The van der Waals surface area contributed by atoms with Crippen molar-refractivity contribution in [2.75, 3.05) is 0 Å². The van der Waals surface area contributed by atoms with Gasteiger partial charge >= 0.3 is 12.1 Å². The van der Waals surface area contributed by atoms with E-state index in [1.807, 2.05) is 0 Å². The molecule has 100 valence electrons. The highest BCUT2D eigenvalue weighted by atomic mass is 19.4. The average molecular weight is 272 g/mol. The fourth-order valence-corrected chi connectivity index (χ4v) is 1.32. The van der Waals surface area contributed by atoms with Gasteiger partial charge in [0.15, 0.2) is 0 Å². The quantitative estimate of drug-likeness (QED) is 0.856. The van der Waals surface area contributed by atoms with Crippen LogP contribution in [0, 0.1) is 5.82 Å². The van der Waals surface area contributed by atoms with E-state index in [4.69, 9.17) is 5.11 Å². The van der Waals surface area contributed by atoms with Crippen molar-refractivity contribution in [1.82, 2.24) is 0 Å². The van der Waals surface area contributed by atoms with Gasteiger partial charge in [0.25, 0.3) is 5.92 Å². The normalized spacial score (nSPS) is 12.6. The van der Waals surface area contributed by atoms with E-state index in [1.54, 1.807) is 0 Å². The van der Waals surface area contributed by atoms with Crippen LogP contribution in [-0.2, 0) is 16.9 Å². The van der Waals surface area contributed by atoms with E-state index in [1.165, 1.54) is 0 Å². The third kappa shape index (κ3) is 2.93. The van der Waals surface area contributed by atoms with Crippen molar-refractivity contribution < 1.29 is 36.2 Å². The van der Waals surface area contributed by atoms with Crippen molar-refractivity contribution in [2.24, 2.45) is 0 Å². The molecule has 2 nitrogen and oxygen atoms in total. The highest BCUT2D eigenvalue weighted by Crippen LogP contribution is 2.38. The smallest absolute Gasteiger partial charge is 0.419 e. The van der Waals surface area contributed by atoms with Crippen molar-refractivity contribution in [3.8, 4) is 0 Å². The first-order valence-corrected chi connectivity index (χ1v) is 4.51. The van der Waals surface area contributed by atoms with Crippen LogP contribution in [0.25, 0.3) is 0 Å². The van der Waals surface area contributed by atoms with E-state index in [0.717, 1.165) is 0 Å². The Hall–Kier alpha value is -1.73. The molecule has 0 bridgehead atoms. The number of alkyl halides is 5. The van der Waals surface area contributed by atoms with Crippen LogP contribution < -0.4 is 0 Å². The predicted octanol–water partition coefficient (Wildman–Crippen LogP) is 3.41. The van der Waals surface area contributed by atoms with Crippen molar-refractivity contribution in [3.63, 3.8) is 0 Å². The van der Waals surface area contributed by atoms with E-state index in [-0.39, 0.29) is 0 Å². The van der Waals surface area contributed by atoms with E-state index in [2.05, 4.69) is 0 Å². The molecule has 0 aliphatic rings. The van der Waals surface area contributed by atoms with Crippen molar-refractivity contribution >= 4 is 5.97 Å². The minimum Gasteiger partial charge on any atom is -0.481 e. The van der Waals surface area contributed by atoms with Gasteiger partial charge in [0.2, 0.25) is 0 Å². The predicted molar refractivity (Wildman–Crippen MR) is 47.5 cm³/mol. The second-order valence-electron chi connectivity index (χ2n) is 3.44. The van der Waals surface area contributed by atoms with E-state index in [0.29, 0.717) is 18.2 Å². The van der Waals surface area contributed by atoms with Crippen LogP contribution in [0.5, 0.6) is 0 Å². The summed E-state index contributed by atoms with van der Waals surface area (Å²) in [6, 6.07) is 1.32. The van der Waals surface area contributed by atoms with Crippen LogP contribution in [0.1, 0.15) is 17.5 Å².